The van der Waals surface area contributed by atoms with Gasteiger partial charge in [-0.3, -0.25) is 4.90 Å². The van der Waals surface area contributed by atoms with E-state index in [1.807, 2.05) is 0 Å². The molecule has 1 atom stereocenters. The Balaban J connectivity index is 2.25. The quantitative estimate of drug-likeness (QED) is 0.696. The first-order valence-corrected chi connectivity index (χ1v) is 7.24. The summed E-state index contributed by atoms with van der Waals surface area (Å²) in [6.45, 7) is 10.9. The van der Waals surface area contributed by atoms with Crippen LogP contribution in [0.4, 0.5) is 0 Å². The first-order chi connectivity index (χ1) is 8.19. The van der Waals surface area contributed by atoms with Crippen LogP contribution < -0.4 is 5.73 Å². The molecule has 1 aliphatic heterocycles. The monoisotopic (exact) mass is 242 g/mol. The lowest BCUT2D eigenvalue weighted by molar-refractivity contribution is -0.00781. The van der Waals surface area contributed by atoms with Gasteiger partial charge in [-0.05, 0) is 38.1 Å². The van der Waals surface area contributed by atoms with Gasteiger partial charge in [0.05, 0.1) is 6.10 Å². The molecule has 3 heteroatoms. The minimum absolute atomic E-state index is 0.475. The molecule has 0 aromatic carbocycles. The van der Waals surface area contributed by atoms with Gasteiger partial charge in [-0.1, -0.05) is 20.8 Å². The standard InChI is InChI=1S/C14H30N2O/c1-4-14(12(2)3)16-9-6-13(7-10-16)17-11-5-8-15/h12-14H,4-11,15H2,1-3H3. The van der Waals surface area contributed by atoms with Crippen molar-refractivity contribution in [3.63, 3.8) is 0 Å². The second-order valence-corrected chi connectivity index (χ2v) is 5.47. The van der Waals surface area contributed by atoms with Crippen molar-refractivity contribution in [3.05, 3.63) is 0 Å². The highest BCUT2D eigenvalue weighted by Gasteiger charge is 2.25. The van der Waals surface area contributed by atoms with Crippen LogP contribution in [0, 0.1) is 5.92 Å². The highest BCUT2D eigenvalue weighted by Crippen LogP contribution is 2.21. The molecule has 0 radical (unpaired) electrons. The average Bonchev–Trinajstić information content (AvgIpc) is 2.32. The number of likely N-dealkylation sites (tertiary alicyclic amines) is 1. The van der Waals surface area contributed by atoms with Gasteiger partial charge in [0.2, 0.25) is 0 Å². The third kappa shape index (κ3) is 4.94. The number of nitrogens with zero attached hydrogens (tertiary/aromatic N) is 1. The molecule has 0 aromatic rings. The highest BCUT2D eigenvalue weighted by molar-refractivity contribution is 4.80. The number of rotatable bonds is 7. The smallest absolute Gasteiger partial charge is 0.0599 e. The van der Waals surface area contributed by atoms with Gasteiger partial charge >= 0.3 is 0 Å². The summed E-state index contributed by atoms with van der Waals surface area (Å²) in [5, 5.41) is 0. The van der Waals surface area contributed by atoms with Gasteiger partial charge in [0.1, 0.15) is 0 Å². The minimum atomic E-state index is 0.475. The number of ether oxygens (including phenoxy) is 1. The third-order valence-corrected chi connectivity index (χ3v) is 3.84. The van der Waals surface area contributed by atoms with E-state index < -0.39 is 0 Å². The number of nitrogens with two attached hydrogens (primary N) is 1. The van der Waals surface area contributed by atoms with Crippen molar-refractivity contribution in [3.8, 4) is 0 Å². The van der Waals surface area contributed by atoms with E-state index in [1.165, 1.54) is 32.4 Å². The maximum Gasteiger partial charge on any atom is 0.0599 e. The van der Waals surface area contributed by atoms with Crippen molar-refractivity contribution in [2.75, 3.05) is 26.2 Å². The normalized spacial score (nSPS) is 21.0. The summed E-state index contributed by atoms with van der Waals surface area (Å²) in [6, 6.07) is 0.750. The lowest BCUT2D eigenvalue weighted by atomic mass is 9.96. The average molecular weight is 242 g/mol. The summed E-state index contributed by atoms with van der Waals surface area (Å²) < 4.78 is 5.84. The Bertz CT molecular complexity index is 189. The van der Waals surface area contributed by atoms with Gasteiger partial charge < -0.3 is 10.5 Å². The fourth-order valence-electron chi connectivity index (χ4n) is 2.86. The Hall–Kier alpha value is -0.120. The second kappa shape index (κ2) is 8.06. The molecule has 0 spiro atoms. The van der Waals surface area contributed by atoms with Crippen LogP contribution in [-0.2, 0) is 4.74 Å². The van der Waals surface area contributed by atoms with E-state index in [2.05, 4.69) is 25.7 Å². The van der Waals surface area contributed by atoms with Crippen molar-refractivity contribution in [2.45, 2.75) is 58.6 Å². The summed E-state index contributed by atoms with van der Waals surface area (Å²) in [6.07, 6.45) is 5.10. The van der Waals surface area contributed by atoms with E-state index in [9.17, 15) is 0 Å². The molecule has 1 fully saturated rings. The molecule has 0 amide bonds. The Morgan fingerprint density at radius 2 is 1.94 bits per heavy atom. The fourth-order valence-corrected chi connectivity index (χ4v) is 2.86. The van der Waals surface area contributed by atoms with Crippen LogP contribution >= 0.6 is 0 Å². The number of piperidine rings is 1. The molecule has 3 nitrogen and oxygen atoms in total. The molecular formula is C14H30N2O. The van der Waals surface area contributed by atoms with E-state index in [1.54, 1.807) is 0 Å². The lowest BCUT2D eigenvalue weighted by Crippen LogP contribution is -2.45. The van der Waals surface area contributed by atoms with Gasteiger partial charge in [0.25, 0.3) is 0 Å². The summed E-state index contributed by atoms with van der Waals surface area (Å²) in [4.78, 5) is 2.65. The first kappa shape index (κ1) is 14.9. The predicted octanol–water partition coefficient (Wildman–Crippen LogP) is 2.25. The van der Waals surface area contributed by atoms with Crippen LogP contribution in [0.3, 0.4) is 0 Å². The molecule has 2 N–H and O–H groups in total. The molecule has 1 saturated heterocycles. The van der Waals surface area contributed by atoms with Crippen LogP contribution in [0.25, 0.3) is 0 Å². The molecule has 0 saturated carbocycles. The van der Waals surface area contributed by atoms with Crippen molar-refractivity contribution in [2.24, 2.45) is 11.7 Å². The van der Waals surface area contributed by atoms with E-state index in [-0.39, 0.29) is 0 Å². The van der Waals surface area contributed by atoms with Crippen LogP contribution in [0.1, 0.15) is 46.5 Å². The van der Waals surface area contributed by atoms with Crippen molar-refractivity contribution in [1.29, 1.82) is 0 Å². The molecule has 17 heavy (non-hydrogen) atoms. The van der Waals surface area contributed by atoms with Crippen LogP contribution in [0.5, 0.6) is 0 Å². The summed E-state index contributed by atoms with van der Waals surface area (Å²) in [5.74, 6) is 0.759. The third-order valence-electron chi connectivity index (χ3n) is 3.84. The van der Waals surface area contributed by atoms with E-state index in [0.717, 1.165) is 31.5 Å². The Labute approximate surface area is 107 Å². The van der Waals surface area contributed by atoms with Gasteiger partial charge in [0, 0.05) is 25.7 Å². The molecule has 1 aliphatic rings. The Morgan fingerprint density at radius 1 is 1.29 bits per heavy atom. The first-order valence-electron chi connectivity index (χ1n) is 7.24. The van der Waals surface area contributed by atoms with E-state index in [0.29, 0.717) is 6.10 Å². The summed E-state index contributed by atoms with van der Waals surface area (Å²) >= 11 is 0. The molecule has 1 rings (SSSR count). The SMILES string of the molecule is CCC(C(C)C)N1CCC(OCCCN)CC1. The zero-order valence-electron chi connectivity index (χ0n) is 11.8. The van der Waals surface area contributed by atoms with Crippen molar-refractivity contribution in [1.82, 2.24) is 4.90 Å². The zero-order valence-corrected chi connectivity index (χ0v) is 11.8. The van der Waals surface area contributed by atoms with Gasteiger partial charge in [-0.15, -0.1) is 0 Å². The lowest BCUT2D eigenvalue weighted by Gasteiger charge is -2.39. The second-order valence-electron chi connectivity index (χ2n) is 5.47. The molecule has 0 bridgehead atoms. The van der Waals surface area contributed by atoms with Crippen LogP contribution in [0.15, 0.2) is 0 Å². The molecule has 0 aliphatic carbocycles. The van der Waals surface area contributed by atoms with Crippen molar-refractivity contribution < 1.29 is 4.74 Å². The molecule has 1 heterocycles. The topological polar surface area (TPSA) is 38.5 Å². The van der Waals surface area contributed by atoms with Crippen LogP contribution in [0.2, 0.25) is 0 Å². The highest BCUT2D eigenvalue weighted by atomic mass is 16.5. The Morgan fingerprint density at radius 3 is 2.41 bits per heavy atom. The largest absolute Gasteiger partial charge is 0.378 e. The van der Waals surface area contributed by atoms with Gasteiger partial charge in [-0.2, -0.15) is 0 Å². The van der Waals surface area contributed by atoms with E-state index in [4.69, 9.17) is 10.5 Å². The minimum Gasteiger partial charge on any atom is -0.378 e. The van der Waals surface area contributed by atoms with Crippen molar-refractivity contribution >= 4 is 0 Å². The Kier molecular flexibility index (Phi) is 7.09. The van der Waals surface area contributed by atoms with Crippen LogP contribution in [-0.4, -0.2) is 43.3 Å². The predicted molar refractivity (Wildman–Crippen MR) is 73.1 cm³/mol. The summed E-state index contributed by atoms with van der Waals surface area (Å²) in [5.41, 5.74) is 5.47. The number of hydrogen-bond donors (Lipinski definition) is 1. The molecule has 1 unspecified atom stereocenters. The molecule has 0 aromatic heterocycles. The van der Waals surface area contributed by atoms with Gasteiger partial charge in [-0.25, -0.2) is 0 Å². The summed E-state index contributed by atoms with van der Waals surface area (Å²) in [7, 11) is 0. The van der Waals surface area contributed by atoms with Gasteiger partial charge in [0.15, 0.2) is 0 Å². The fraction of sp³-hybridized carbons (Fsp3) is 1.00. The number of hydrogen-bond acceptors (Lipinski definition) is 3. The zero-order chi connectivity index (χ0) is 12.7. The maximum absolute atomic E-state index is 5.84. The molecular weight excluding hydrogens is 212 g/mol. The maximum atomic E-state index is 5.84. The van der Waals surface area contributed by atoms with E-state index >= 15 is 0 Å². The molecule has 102 valence electrons.